The first-order valence-electron chi connectivity index (χ1n) is 5.29. The number of hydrogen-bond acceptors (Lipinski definition) is 1. The highest BCUT2D eigenvalue weighted by Crippen LogP contribution is 2.22. The van der Waals surface area contributed by atoms with Gasteiger partial charge in [-0.15, -0.1) is 0 Å². The normalized spacial score (nSPS) is 11.4. The molecule has 2 rings (SSSR count). The molecule has 0 spiro atoms. The first-order chi connectivity index (χ1) is 7.77. The summed E-state index contributed by atoms with van der Waals surface area (Å²) >= 11 is 0. The van der Waals surface area contributed by atoms with Crippen LogP contribution in [-0.4, -0.2) is 5.11 Å². The molecule has 2 aromatic rings. The molecule has 0 aliphatic rings. The van der Waals surface area contributed by atoms with Crippen LogP contribution in [0, 0.1) is 0 Å². The third kappa shape index (κ3) is 2.31. The van der Waals surface area contributed by atoms with Crippen molar-refractivity contribution in [3.05, 3.63) is 65.7 Å². The summed E-state index contributed by atoms with van der Waals surface area (Å²) < 4.78 is 0. The summed E-state index contributed by atoms with van der Waals surface area (Å²) in [5.74, 6) is 0.317. The molecule has 0 unspecified atom stereocenters. The Morgan fingerprint density at radius 2 is 1.56 bits per heavy atom. The Labute approximate surface area is 95.7 Å². The summed E-state index contributed by atoms with van der Waals surface area (Å²) in [7, 11) is 0. The fourth-order valence-electron chi connectivity index (χ4n) is 1.63. The number of aromatic hydroxyl groups is 1. The van der Waals surface area contributed by atoms with Gasteiger partial charge in [-0.3, -0.25) is 0 Å². The Balaban J connectivity index is 2.36. The fourth-order valence-corrected chi connectivity index (χ4v) is 1.63. The van der Waals surface area contributed by atoms with E-state index in [-0.39, 0.29) is 0 Å². The van der Waals surface area contributed by atoms with Crippen molar-refractivity contribution in [1.29, 1.82) is 0 Å². The van der Waals surface area contributed by atoms with Crippen molar-refractivity contribution < 1.29 is 5.11 Å². The summed E-state index contributed by atoms with van der Waals surface area (Å²) in [6, 6.07) is 17.5. The van der Waals surface area contributed by atoms with Gasteiger partial charge in [0.15, 0.2) is 0 Å². The van der Waals surface area contributed by atoms with Gasteiger partial charge in [-0.1, -0.05) is 48.5 Å². The molecule has 1 nitrogen and oxygen atoms in total. The molecule has 0 heterocycles. The highest BCUT2D eigenvalue weighted by molar-refractivity contribution is 5.81. The molecule has 0 saturated carbocycles. The van der Waals surface area contributed by atoms with E-state index in [0.29, 0.717) is 5.75 Å². The molecule has 1 N–H and O–H groups in total. The van der Waals surface area contributed by atoms with Crippen LogP contribution in [-0.2, 0) is 0 Å². The number of allylic oxidation sites excluding steroid dienone is 1. The van der Waals surface area contributed by atoms with Crippen molar-refractivity contribution in [1.82, 2.24) is 0 Å². The van der Waals surface area contributed by atoms with Crippen LogP contribution in [0.5, 0.6) is 5.75 Å². The van der Waals surface area contributed by atoms with Gasteiger partial charge in [-0.25, -0.2) is 0 Å². The number of para-hydroxylation sites is 1. The number of hydrogen-bond donors (Lipinski definition) is 1. The van der Waals surface area contributed by atoms with E-state index >= 15 is 0 Å². The number of phenols is 1. The van der Waals surface area contributed by atoms with Crippen LogP contribution in [0.1, 0.15) is 18.1 Å². The van der Waals surface area contributed by atoms with E-state index < -0.39 is 0 Å². The minimum absolute atomic E-state index is 0.317. The average molecular weight is 210 g/mol. The third-order valence-electron chi connectivity index (χ3n) is 2.54. The van der Waals surface area contributed by atoms with Crippen LogP contribution in [0.3, 0.4) is 0 Å². The van der Waals surface area contributed by atoms with Crippen LogP contribution in [0.25, 0.3) is 11.6 Å². The lowest BCUT2D eigenvalue weighted by Gasteiger charge is -2.03. The highest BCUT2D eigenvalue weighted by Gasteiger charge is 1.98. The Morgan fingerprint density at radius 3 is 2.25 bits per heavy atom. The van der Waals surface area contributed by atoms with E-state index in [1.807, 2.05) is 49.4 Å². The minimum atomic E-state index is 0.317. The maximum absolute atomic E-state index is 9.66. The smallest absolute Gasteiger partial charge is 0.122 e. The van der Waals surface area contributed by atoms with Gasteiger partial charge in [-0.05, 0) is 30.2 Å². The van der Waals surface area contributed by atoms with Gasteiger partial charge in [0.05, 0.1) is 0 Å². The van der Waals surface area contributed by atoms with Crippen LogP contribution in [0.2, 0.25) is 0 Å². The summed E-state index contributed by atoms with van der Waals surface area (Å²) in [6.07, 6.45) is 1.99. The first kappa shape index (κ1) is 10.5. The van der Waals surface area contributed by atoms with E-state index in [2.05, 4.69) is 12.1 Å². The van der Waals surface area contributed by atoms with Gasteiger partial charge in [0, 0.05) is 5.56 Å². The zero-order valence-electron chi connectivity index (χ0n) is 9.22. The van der Waals surface area contributed by atoms with E-state index in [0.717, 1.165) is 11.1 Å². The predicted octanol–water partition coefficient (Wildman–Crippen LogP) is 3.95. The van der Waals surface area contributed by atoms with Gasteiger partial charge in [0.25, 0.3) is 0 Å². The molecule has 0 radical (unpaired) electrons. The maximum Gasteiger partial charge on any atom is 0.122 e. The number of benzene rings is 2. The summed E-state index contributed by atoms with van der Waals surface area (Å²) in [4.78, 5) is 0. The Hall–Kier alpha value is -2.02. The van der Waals surface area contributed by atoms with Crippen LogP contribution in [0.15, 0.2) is 54.6 Å². The molecule has 0 atom stereocenters. The zero-order valence-corrected chi connectivity index (χ0v) is 9.22. The van der Waals surface area contributed by atoms with Crippen LogP contribution in [0.4, 0.5) is 0 Å². The molecular formula is C15H14O. The second kappa shape index (κ2) is 4.67. The summed E-state index contributed by atoms with van der Waals surface area (Å²) in [5.41, 5.74) is 3.16. The van der Waals surface area contributed by atoms with E-state index in [1.165, 1.54) is 5.56 Å². The van der Waals surface area contributed by atoms with E-state index in [9.17, 15) is 5.11 Å². The molecule has 16 heavy (non-hydrogen) atoms. The van der Waals surface area contributed by atoms with Crippen molar-refractivity contribution >= 4 is 11.6 Å². The predicted molar refractivity (Wildman–Crippen MR) is 68.1 cm³/mol. The lowest BCUT2D eigenvalue weighted by atomic mass is 10.0. The molecular weight excluding hydrogens is 196 g/mol. The average Bonchev–Trinajstić information content (AvgIpc) is 2.33. The van der Waals surface area contributed by atoms with Gasteiger partial charge in [-0.2, -0.15) is 0 Å². The van der Waals surface area contributed by atoms with Crippen molar-refractivity contribution in [3.63, 3.8) is 0 Å². The fraction of sp³-hybridized carbons (Fsp3) is 0.0667. The Bertz CT molecular complexity index is 498. The standard InChI is InChI=1S/C15H14O/c1-12(13-7-3-2-4-8-13)11-14-9-5-6-10-15(14)16/h2-11,16H,1H3. The second-order valence-electron chi connectivity index (χ2n) is 3.75. The Kier molecular flexibility index (Phi) is 3.06. The third-order valence-corrected chi connectivity index (χ3v) is 2.54. The van der Waals surface area contributed by atoms with Gasteiger partial charge < -0.3 is 5.11 Å². The van der Waals surface area contributed by atoms with Crippen molar-refractivity contribution in [2.75, 3.05) is 0 Å². The topological polar surface area (TPSA) is 20.2 Å². The van der Waals surface area contributed by atoms with Crippen LogP contribution >= 0.6 is 0 Å². The SMILES string of the molecule is CC(=Cc1ccccc1O)c1ccccc1. The maximum atomic E-state index is 9.66. The molecule has 0 aliphatic heterocycles. The van der Waals surface area contributed by atoms with Crippen molar-refractivity contribution in [2.45, 2.75) is 6.92 Å². The van der Waals surface area contributed by atoms with Crippen molar-refractivity contribution in [2.24, 2.45) is 0 Å². The van der Waals surface area contributed by atoms with E-state index in [1.54, 1.807) is 6.07 Å². The van der Waals surface area contributed by atoms with Crippen LogP contribution < -0.4 is 0 Å². The molecule has 0 saturated heterocycles. The molecule has 0 aromatic heterocycles. The summed E-state index contributed by atoms with van der Waals surface area (Å²) in [6.45, 7) is 2.04. The largest absolute Gasteiger partial charge is 0.507 e. The second-order valence-corrected chi connectivity index (χ2v) is 3.75. The molecule has 0 bridgehead atoms. The van der Waals surface area contributed by atoms with Gasteiger partial charge in [0.2, 0.25) is 0 Å². The first-order valence-corrected chi connectivity index (χ1v) is 5.29. The van der Waals surface area contributed by atoms with Gasteiger partial charge >= 0.3 is 0 Å². The number of phenolic OH excluding ortho intramolecular Hbond substituents is 1. The van der Waals surface area contributed by atoms with Crippen molar-refractivity contribution in [3.8, 4) is 5.75 Å². The molecule has 1 heteroatoms. The molecule has 0 fully saturated rings. The quantitative estimate of drug-likeness (QED) is 0.744. The zero-order chi connectivity index (χ0) is 11.4. The van der Waals surface area contributed by atoms with Gasteiger partial charge in [0.1, 0.15) is 5.75 Å². The number of rotatable bonds is 2. The summed E-state index contributed by atoms with van der Waals surface area (Å²) in [5, 5.41) is 9.66. The van der Waals surface area contributed by atoms with E-state index in [4.69, 9.17) is 0 Å². The molecule has 80 valence electrons. The Morgan fingerprint density at radius 1 is 0.938 bits per heavy atom. The highest BCUT2D eigenvalue weighted by atomic mass is 16.3. The molecule has 0 aliphatic carbocycles. The molecule has 2 aromatic carbocycles. The monoisotopic (exact) mass is 210 g/mol. The lowest BCUT2D eigenvalue weighted by Crippen LogP contribution is -1.79. The molecule has 0 amide bonds. The lowest BCUT2D eigenvalue weighted by molar-refractivity contribution is 0.474. The minimum Gasteiger partial charge on any atom is -0.507 e.